The zero-order chi connectivity index (χ0) is 20.8. The standard InChI is InChI=1S/C18H26F2N6O2S/c1-24-6-5-16(14(20)10-24)26-8-3-12-9-21-18(23-17(12)26)22-15-4-7-25(11-13(15)19)29(2,27)28/h3,8-9,13-16H,4-7,10-11H2,1-2H3,(H,21,22,23)/t13-,14-,15-,16+/m1/s1. The van der Waals surface area contributed by atoms with Crippen LogP contribution in [-0.4, -0.2) is 90.0 Å². The number of fused-ring (bicyclic) bond motifs is 1. The second-order valence-electron chi connectivity index (χ2n) is 8.01. The molecular formula is C18H26F2N6O2S. The first-order valence-corrected chi connectivity index (χ1v) is 11.6. The molecule has 29 heavy (non-hydrogen) atoms. The van der Waals surface area contributed by atoms with E-state index in [9.17, 15) is 17.2 Å². The maximum absolute atomic E-state index is 14.6. The summed E-state index contributed by atoms with van der Waals surface area (Å²) in [6.45, 7) is 1.25. The number of nitrogens with one attached hydrogen (secondary N) is 1. The summed E-state index contributed by atoms with van der Waals surface area (Å²) in [5, 5.41) is 3.80. The van der Waals surface area contributed by atoms with Crippen LogP contribution in [-0.2, 0) is 10.0 Å². The van der Waals surface area contributed by atoms with Gasteiger partial charge in [0.2, 0.25) is 16.0 Å². The molecule has 2 aliphatic rings. The summed E-state index contributed by atoms with van der Waals surface area (Å²) in [5.74, 6) is 0.265. The Kier molecular flexibility index (Phi) is 5.47. The van der Waals surface area contributed by atoms with Crippen molar-refractivity contribution in [1.29, 1.82) is 0 Å². The Balaban J connectivity index is 1.52. The van der Waals surface area contributed by atoms with Crippen molar-refractivity contribution in [2.75, 3.05) is 44.8 Å². The highest BCUT2D eigenvalue weighted by molar-refractivity contribution is 7.88. The normalized spacial score (nSPS) is 29.9. The summed E-state index contributed by atoms with van der Waals surface area (Å²) in [4.78, 5) is 10.8. The van der Waals surface area contributed by atoms with Gasteiger partial charge < -0.3 is 14.8 Å². The third-order valence-electron chi connectivity index (χ3n) is 5.81. The Morgan fingerprint density at radius 1 is 1.17 bits per heavy atom. The van der Waals surface area contributed by atoms with E-state index in [1.165, 1.54) is 0 Å². The molecule has 2 saturated heterocycles. The van der Waals surface area contributed by atoms with Crippen molar-refractivity contribution in [2.45, 2.75) is 37.3 Å². The minimum atomic E-state index is -3.41. The lowest BCUT2D eigenvalue weighted by Gasteiger charge is -2.34. The van der Waals surface area contributed by atoms with E-state index in [-0.39, 0.29) is 25.1 Å². The minimum absolute atomic E-state index is 0.186. The lowest BCUT2D eigenvalue weighted by molar-refractivity contribution is 0.109. The van der Waals surface area contributed by atoms with Gasteiger partial charge in [0, 0.05) is 44.0 Å². The van der Waals surface area contributed by atoms with Crippen LogP contribution in [0.3, 0.4) is 0 Å². The van der Waals surface area contributed by atoms with Crippen LogP contribution in [0.5, 0.6) is 0 Å². The Labute approximate surface area is 169 Å². The van der Waals surface area contributed by atoms with Gasteiger partial charge in [-0.05, 0) is 26.0 Å². The van der Waals surface area contributed by atoms with Crippen molar-refractivity contribution in [3.8, 4) is 0 Å². The van der Waals surface area contributed by atoms with Gasteiger partial charge in [-0.15, -0.1) is 0 Å². The predicted molar refractivity (Wildman–Crippen MR) is 107 cm³/mol. The summed E-state index contributed by atoms with van der Waals surface area (Å²) in [7, 11) is -1.51. The van der Waals surface area contributed by atoms with Crippen LogP contribution in [0, 0.1) is 0 Å². The maximum atomic E-state index is 14.6. The predicted octanol–water partition coefficient (Wildman–Crippen LogP) is 1.43. The monoisotopic (exact) mass is 428 g/mol. The van der Waals surface area contributed by atoms with Gasteiger partial charge in [0.25, 0.3) is 0 Å². The van der Waals surface area contributed by atoms with E-state index in [2.05, 4.69) is 15.3 Å². The fourth-order valence-corrected chi connectivity index (χ4v) is 4.99. The molecule has 0 spiro atoms. The number of hydrogen-bond donors (Lipinski definition) is 1. The molecular weight excluding hydrogens is 402 g/mol. The number of rotatable bonds is 4. The van der Waals surface area contributed by atoms with Crippen molar-refractivity contribution in [3.05, 3.63) is 18.5 Å². The molecule has 0 unspecified atom stereocenters. The van der Waals surface area contributed by atoms with Gasteiger partial charge in [0.1, 0.15) is 18.0 Å². The van der Waals surface area contributed by atoms with Crippen molar-refractivity contribution in [1.82, 2.24) is 23.7 Å². The summed E-state index contributed by atoms with van der Waals surface area (Å²) >= 11 is 0. The molecule has 0 bridgehead atoms. The molecule has 11 heteroatoms. The van der Waals surface area contributed by atoms with Crippen LogP contribution in [0.15, 0.2) is 18.5 Å². The lowest BCUT2D eigenvalue weighted by atomic mass is 10.0. The van der Waals surface area contributed by atoms with Crippen molar-refractivity contribution >= 4 is 27.0 Å². The van der Waals surface area contributed by atoms with Gasteiger partial charge in [0.05, 0.1) is 18.3 Å². The molecule has 2 aliphatic heterocycles. The van der Waals surface area contributed by atoms with E-state index < -0.39 is 28.4 Å². The topological polar surface area (TPSA) is 83.4 Å². The molecule has 4 heterocycles. The number of likely N-dealkylation sites (tertiary alicyclic amines) is 1. The van der Waals surface area contributed by atoms with Crippen LogP contribution in [0.25, 0.3) is 11.0 Å². The minimum Gasteiger partial charge on any atom is -0.348 e. The van der Waals surface area contributed by atoms with Crippen LogP contribution >= 0.6 is 0 Å². The molecule has 160 valence electrons. The molecule has 0 amide bonds. The number of halogens is 2. The highest BCUT2D eigenvalue weighted by Gasteiger charge is 2.34. The third kappa shape index (κ3) is 4.22. The molecule has 4 rings (SSSR count). The highest BCUT2D eigenvalue weighted by Crippen LogP contribution is 2.29. The third-order valence-corrected chi connectivity index (χ3v) is 7.08. The first kappa shape index (κ1) is 20.4. The molecule has 2 fully saturated rings. The number of alkyl halides is 2. The number of hydrogen-bond acceptors (Lipinski definition) is 6. The first-order chi connectivity index (χ1) is 13.7. The molecule has 0 aliphatic carbocycles. The second-order valence-corrected chi connectivity index (χ2v) is 9.99. The van der Waals surface area contributed by atoms with Gasteiger partial charge in [-0.2, -0.15) is 9.29 Å². The fraction of sp³-hybridized carbons (Fsp3) is 0.667. The zero-order valence-corrected chi connectivity index (χ0v) is 17.3. The van der Waals surface area contributed by atoms with Crippen molar-refractivity contribution in [3.63, 3.8) is 0 Å². The van der Waals surface area contributed by atoms with E-state index in [1.807, 2.05) is 28.8 Å². The summed E-state index contributed by atoms with van der Waals surface area (Å²) in [6, 6.07) is 0.983. The van der Waals surface area contributed by atoms with Crippen molar-refractivity contribution in [2.24, 2.45) is 0 Å². The number of anilines is 1. The SMILES string of the molecule is CN1CC[C@H](n2ccc3cnc(N[C@@H]4CCN(S(C)(=O)=O)C[C@H]4F)nc32)[C@H](F)C1. The zero-order valence-electron chi connectivity index (χ0n) is 16.5. The van der Waals surface area contributed by atoms with Gasteiger partial charge in [-0.1, -0.05) is 0 Å². The number of piperidine rings is 2. The van der Waals surface area contributed by atoms with E-state index in [0.29, 0.717) is 25.0 Å². The molecule has 4 atom stereocenters. The van der Waals surface area contributed by atoms with Gasteiger partial charge in [-0.3, -0.25) is 0 Å². The quantitative estimate of drug-likeness (QED) is 0.793. The summed E-state index contributed by atoms with van der Waals surface area (Å²) in [6.07, 6.45) is 3.19. The van der Waals surface area contributed by atoms with Gasteiger partial charge in [-0.25, -0.2) is 22.2 Å². The van der Waals surface area contributed by atoms with E-state index >= 15 is 0 Å². The second kappa shape index (κ2) is 7.77. The Hall–Kier alpha value is -1.85. The van der Waals surface area contributed by atoms with Gasteiger partial charge in [0.15, 0.2) is 0 Å². The molecule has 2 aromatic rings. The average Bonchev–Trinajstić information content (AvgIpc) is 3.05. The molecule has 0 aromatic carbocycles. The Morgan fingerprint density at radius 3 is 2.66 bits per heavy atom. The van der Waals surface area contributed by atoms with E-state index in [0.717, 1.165) is 22.5 Å². The summed E-state index contributed by atoms with van der Waals surface area (Å²) < 4.78 is 55.4. The molecule has 0 saturated carbocycles. The largest absolute Gasteiger partial charge is 0.348 e. The lowest BCUT2D eigenvalue weighted by Crippen LogP contribution is -2.49. The average molecular weight is 429 g/mol. The maximum Gasteiger partial charge on any atom is 0.224 e. The Morgan fingerprint density at radius 2 is 1.97 bits per heavy atom. The van der Waals surface area contributed by atoms with Gasteiger partial charge >= 0.3 is 0 Å². The molecule has 1 N–H and O–H groups in total. The van der Waals surface area contributed by atoms with Crippen LogP contribution in [0.1, 0.15) is 18.9 Å². The fourth-order valence-electron chi connectivity index (χ4n) is 4.14. The van der Waals surface area contributed by atoms with Crippen LogP contribution < -0.4 is 5.32 Å². The first-order valence-electron chi connectivity index (χ1n) is 9.74. The van der Waals surface area contributed by atoms with E-state index in [4.69, 9.17) is 0 Å². The van der Waals surface area contributed by atoms with Crippen molar-refractivity contribution < 1.29 is 17.2 Å². The number of nitrogens with zero attached hydrogens (tertiary/aromatic N) is 5. The molecule has 2 aromatic heterocycles. The summed E-state index contributed by atoms with van der Waals surface area (Å²) in [5.41, 5.74) is 0.615. The smallest absolute Gasteiger partial charge is 0.224 e. The highest BCUT2D eigenvalue weighted by atomic mass is 32.2. The Bertz CT molecular complexity index is 984. The number of sulfonamides is 1. The van der Waals surface area contributed by atoms with Crippen LogP contribution in [0.4, 0.5) is 14.7 Å². The molecule has 0 radical (unpaired) electrons. The van der Waals surface area contributed by atoms with Crippen LogP contribution in [0.2, 0.25) is 0 Å². The number of aromatic nitrogens is 3. The van der Waals surface area contributed by atoms with E-state index in [1.54, 1.807) is 6.20 Å². The molecule has 8 nitrogen and oxygen atoms in total.